The molecular weight excluding hydrogens is 398 g/mol. The van der Waals surface area contributed by atoms with Crippen LogP contribution in [-0.4, -0.2) is 40.9 Å². The van der Waals surface area contributed by atoms with Gasteiger partial charge in [-0.1, -0.05) is 47.1 Å². The van der Waals surface area contributed by atoms with Crippen LogP contribution in [0.1, 0.15) is 11.5 Å². The molecule has 1 aromatic heterocycles. The van der Waals surface area contributed by atoms with E-state index in [-0.39, 0.29) is 12.5 Å². The Morgan fingerprint density at radius 3 is 2.86 bits per heavy atom. The quantitative estimate of drug-likeness (QED) is 0.544. The van der Waals surface area contributed by atoms with Gasteiger partial charge in [0.25, 0.3) is 0 Å². The topological polar surface area (TPSA) is 68.5 Å². The summed E-state index contributed by atoms with van der Waals surface area (Å²) in [5.41, 5.74) is 1.81. The fourth-order valence-corrected chi connectivity index (χ4v) is 3.71. The number of amides is 1. The van der Waals surface area contributed by atoms with Crippen molar-refractivity contribution < 1.29 is 14.1 Å². The van der Waals surface area contributed by atoms with E-state index in [1.807, 2.05) is 48.5 Å². The van der Waals surface area contributed by atoms with E-state index in [9.17, 15) is 4.79 Å². The largest absolute Gasteiger partial charge is 0.497 e. The zero-order chi connectivity index (χ0) is 19.9. The average molecular weight is 418 g/mol. The number of rotatable bonds is 8. The van der Waals surface area contributed by atoms with Crippen LogP contribution < -0.4 is 4.74 Å². The zero-order valence-electron chi connectivity index (χ0n) is 15.6. The van der Waals surface area contributed by atoms with Gasteiger partial charge in [-0.25, -0.2) is 0 Å². The standard InChI is InChI=1S/C20H20ClN3O3S/c1-24(19(25)13-28-12-15-6-3-4-9-17(15)21)11-18-22-20(23-27-18)14-7-5-8-16(10-14)26-2/h3-10H,11-13H2,1-2H3. The number of thioether (sulfide) groups is 1. The molecule has 0 aliphatic rings. The predicted molar refractivity (Wildman–Crippen MR) is 110 cm³/mol. The predicted octanol–water partition coefficient (Wildman–Crippen LogP) is 4.29. The van der Waals surface area contributed by atoms with Crippen LogP contribution in [0, 0.1) is 0 Å². The minimum Gasteiger partial charge on any atom is -0.497 e. The Hall–Kier alpha value is -2.51. The molecule has 1 amide bonds. The second kappa shape index (κ2) is 9.61. The van der Waals surface area contributed by atoms with Crippen molar-refractivity contribution in [3.05, 3.63) is 65.0 Å². The Bertz CT molecular complexity index is 948. The maximum atomic E-state index is 12.3. The van der Waals surface area contributed by atoms with Crippen molar-refractivity contribution in [1.82, 2.24) is 15.0 Å². The van der Waals surface area contributed by atoms with Crippen LogP contribution >= 0.6 is 23.4 Å². The lowest BCUT2D eigenvalue weighted by Crippen LogP contribution is -2.28. The van der Waals surface area contributed by atoms with Gasteiger partial charge in [0.2, 0.25) is 17.6 Å². The highest BCUT2D eigenvalue weighted by atomic mass is 35.5. The summed E-state index contributed by atoms with van der Waals surface area (Å²) in [4.78, 5) is 18.3. The van der Waals surface area contributed by atoms with Crippen LogP contribution in [0.2, 0.25) is 5.02 Å². The summed E-state index contributed by atoms with van der Waals surface area (Å²) in [5, 5.41) is 4.70. The number of halogens is 1. The van der Waals surface area contributed by atoms with Gasteiger partial charge < -0.3 is 14.2 Å². The van der Waals surface area contributed by atoms with E-state index >= 15 is 0 Å². The molecule has 0 bridgehead atoms. The Morgan fingerprint density at radius 2 is 2.07 bits per heavy atom. The van der Waals surface area contributed by atoms with Crippen molar-refractivity contribution in [3.8, 4) is 17.1 Å². The molecular formula is C20H20ClN3O3S. The van der Waals surface area contributed by atoms with Crippen molar-refractivity contribution in [1.29, 1.82) is 0 Å². The lowest BCUT2D eigenvalue weighted by atomic mass is 10.2. The maximum Gasteiger partial charge on any atom is 0.246 e. The first-order chi connectivity index (χ1) is 13.6. The summed E-state index contributed by atoms with van der Waals surface area (Å²) in [5.74, 6) is 2.57. The molecule has 3 aromatic rings. The monoisotopic (exact) mass is 417 g/mol. The van der Waals surface area contributed by atoms with Crippen LogP contribution in [0.25, 0.3) is 11.4 Å². The lowest BCUT2D eigenvalue weighted by molar-refractivity contribution is -0.127. The molecule has 1 heterocycles. The smallest absolute Gasteiger partial charge is 0.246 e. The molecule has 0 aliphatic carbocycles. The molecule has 3 rings (SSSR count). The number of carbonyl (C=O) groups excluding carboxylic acids is 1. The fraction of sp³-hybridized carbons (Fsp3) is 0.250. The molecule has 0 spiro atoms. The summed E-state index contributed by atoms with van der Waals surface area (Å²) in [7, 11) is 3.32. The van der Waals surface area contributed by atoms with Gasteiger partial charge in [0, 0.05) is 23.4 Å². The van der Waals surface area contributed by atoms with Crippen LogP contribution in [0.5, 0.6) is 5.75 Å². The second-order valence-corrected chi connectivity index (χ2v) is 7.47. The molecule has 28 heavy (non-hydrogen) atoms. The van der Waals surface area contributed by atoms with Gasteiger partial charge in [-0.15, -0.1) is 11.8 Å². The van der Waals surface area contributed by atoms with E-state index < -0.39 is 0 Å². The maximum absolute atomic E-state index is 12.3. The van der Waals surface area contributed by atoms with Gasteiger partial charge in [0.1, 0.15) is 5.75 Å². The van der Waals surface area contributed by atoms with Crippen molar-refractivity contribution >= 4 is 29.3 Å². The molecule has 8 heteroatoms. The third-order valence-corrected chi connectivity index (χ3v) is 5.37. The number of hydrogen-bond acceptors (Lipinski definition) is 6. The van der Waals surface area contributed by atoms with E-state index in [2.05, 4.69) is 10.1 Å². The third kappa shape index (κ3) is 5.27. The summed E-state index contributed by atoms with van der Waals surface area (Å²) in [6, 6.07) is 15.0. The van der Waals surface area contributed by atoms with Gasteiger partial charge in [0.15, 0.2) is 0 Å². The van der Waals surface area contributed by atoms with Crippen LogP contribution in [0.4, 0.5) is 0 Å². The summed E-state index contributed by atoms with van der Waals surface area (Å²) in [6.45, 7) is 0.252. The Morgan fingerprint density at radius 1 is 1.25 bits per heavy atom. The molecule has 0 radical (unpaired) electrons. The molecule has 0 saturated heterocycles. The highest BCUT2D eigenvalue weighted by molar-refractivity contribution is 7.99. The highest BCUT2D eigenvalue weighted by Crippen LogP contribution is 2.22. The number of hydrogen-bond donors (Lipinski definition) is 0. The summed E-state index contributed by atoms with van der Waals surface area (Å²) in [6.07, 6.45) is 0. The number of ether oxygens (including phenoxy) is 1. The first-order valence-corrected chi connectivity index (χ1v) is 10.1. The number of carbonyl (C=O) groups is 1. The number of nitrogens with zero attached hydrogens (tertiary/aromatic N) is 3. The first kappa shape index (κ1) is 20.2. The molecule has 0 unspecified atom stereocenters. The van der Waals surface area contributed by atoms with E-state index in [0.29, 0.717) is 34.0 Å². The number of methoxy groups -OCH3 is 1. The van der Waals surface area contributed by atoms with Crippen LogP contribution in [-0.2, 0) is 17.1 Å². The minimum atomic E-state index is -0.0156. The molecule has 2 aromatic carbocycles. The number of benzene rings is 2. The third-order valence-electron chi connectivity index (χ3n) is 4.04. The SMILES string of the molecule is COc1cccc(-c2noc(CN(C)C(=O)CSCc3ccccc3Cl)n2)c1. The summed E-state index contributed by atoms with van der Waals surface area (Å²) >= 11 is 7.65. The number of aromatic nitrogens is 2. The van der Waals surface area contributed by atoms with E-state index in [4.69, 9.17) is 20.9 Å². The minimum absolute atomic E-state index is 0.0156. The highest BCUT2D eigenvalue weighted by Gasteiger charge is 2.15. The van der Waals surface area contributed by atoms with E-state index in [0.717, 1.165) is 11.1 Å². The fourth-order valence-electron chi connectivity index (χ4n) is 2.46. The van der Waals surface area contributed by atoms with E-state index in [1.165, 1.54) is 11.8 Å². The molecule has 6 nitrogen and oxygen atoms in total. The van der Waals surface area contributed by atoms with Crippen LogP contribution in [0.3, 0.4) is 0 Å². The average Bonchev–Trinajstić information content (AvgIpc) is 3.18. The van der Waals surface area contributed by atoms with Gasteiger partial charge >= 0.3 is 0 Å². The molecule has 146 valence electrons. The van der Waals surface area contributed by atoms with Gasteiger partial charge in [-0.2, -0.15) is 4.98 Å². The van der Waals surface area contributed by atoms with Gasteiger partial charge in [-0.05, 0) is 23.8 Å². The van der Waals surface area contributed by atoms with Crippen molar-refractivity contribution in [3.63, 3.8) is 0 Å². The van der Waals surface area contributed by atoms with Gasteiger partial charge in [-0.3, -0.25) is 4.79 Å². The lowest BCUT2D eigenvalue weighted by Gasteiger charge is -2.14. The molecule has 0 atom stereocenters. The van der Waals surface area contributed by atoms with Crippen molar-refractivity contribution in [2.75, 3.05) is 19.9 Å². The zero-order valence-corrected chi connectivity index (χ0v) is 17.2. The van der Waals surface area contributed by atoms with Gasteiger partial charge in [0.05, 0.1) is 19.4 Å². The Labute approximate surface area is 172 Å². The molecule has 0 saturated carbocycles. The summed E-state index contributed by atoms with van der Waals surface area (Å²) < 4.78 is 10.5. The normalized spacial score (nSPS) is 10.7. The van der Waals surface area contributed by atoms with E-state index in [1.54, 1.807) is 19.1 Å². The molecule has 0 N–H and O–H groups in total. The Kier molecular flexibility index (Phi) is 6.95. The molecule has 0 fully saturated rings. The van der Waals surface area contributed by atoms with Crippen molar-refractivity contribution in [2.45, 2.75) is 12.3 Å². The Balaban J connectivity index is 1.53. The van der Waals surface area contributed by atoms with Crippen LogP contribution in [0.15, 0.2) is 53.1 Å². The second-order valence-electron chi connectivity index (χ2n) is 6.08. The molecule has 0 aliphatic heterocycles. The van der Waals surface area contributed by atoms with Crippen molar-refractivity contribution in [2.24, 2.45) is 0 Å². The first-order valence-electron chi connectivity index (χ1n) is 8.59.